The van der Waals surface area contributed by atoms with E-state index in [0.717, 1.165) is 25.9 Å². The van der Waals surface area contributed by atoms with E-state index in [1.165, 1.54) is 57.8 Å². The minimum atomic E-state index is -0.201. The van der Waals surface area contributed by atoms with E-state index in [-0.39, 0.29) is 12.2 Å². The molecule has 1 aliphatic carbocycles. The second-order valence-electron chi connectivity index (χ2n) is 5.74. The number of aliphatic hydroxyl groups excluding tert-OH is 1. The molecule has 0 aromatic heterocycles. The van der Waals surface area contributed by atoms with E-state index in [9.17, 15) is 5.11 Å². The standard InChI is InChI=1S/C16H32O2/c1-2-3-4-5-6-7-8-11-14-18-16-13-10-9-12-15(16)17/h15-17H,2-14H2,1H3/t15-,16-/m1/s1. The van der Waals surface area contributed by atoms with Crippen molar-refractivity contribution < 1.29 is 9.84 Å². The molecule has 2 atom stereocenters. The molecular weight excluding hydrogens is 224 g/mol. The molecule has 108 valence electrons. The third-order valence-corrected chi connectivity index (χ3v) is 4.00. The zero-order valence-corrected chi connectivity index (χ0v) is 12.2. The quantitative estimate of drug-likeness (QED) is 0.585. The highest BCUT2D eigenvalue weighted by atomic mass is 16.5. The number of hydrogen-bond donors (Lipinski definition) is 1. The minimum Gasteiger partial charge on any atom is -0.390 e. The van der Waals surface area contributed by atoms with Crippen molar-refractivity contribution in [3.05, 3.63) is 0 Å². The van der Waals surface area contributed by atoms with Crippen LogP contribution in [-0.2, 0) is 4.74 Å². The molecule has 0 aliphatic heterocycles. The summed E-state index contributed by atoms with van der Waals surface area (Å²) < 4.78 is 5.79. The molecule has 0 aromatic rings. The lowest BCUT2D eigenvalue weighted by molar-refractivity contribution is -0.0594. The van der Waals surface area contributed by atoms with Crippen molar-refractivity contribution in [2.45, 2.75) is 96.2 Å². The fraction of sp³-hybridized carbons (Fsp3) is 1.00. The molecule has 0 radical (unpaired) electrons. The highest BCUT2D eigenvalue weighted by Crippen LogP contribution is 2.21. The van der Waals surface area contributed by atoms with Crippen LogP contribution in [0.15, 0.2) is 0 Å². The first kappa shape index (κ1) is 16.0. The Morgan fingerprint density at radius 1 is 0.889 bits per heavy atom. The largest absolute Gasteiger partial charge is 0.390 e. The third-order valence-electron chi connectivity index (χ3n) is 4.00. The van der Waals surface area contributed by atoms with Gasteiger partial charge in [-0.1, -0.05) is 64.7 Å². The minimum absolute atomic E-state index is 0.128. The molecule has 0 saturated heterocycles. The van der Waals surface area contributed by atoms with Gasteiger partial charge in [0.25, 0.3) is 0 Å². The van der Waals surface area contributed by atoms with E-state index >= 15 is 0 Å². The summed E-state index contributed by atoms with van der Waals surface area (Å²) in [6.45, 7) is 3.10. The molecule has 1 N–H and O–H groups in total. The zero-order chi connectivity index (χ0) is 13.1. The fourth-order valence-corrected chi connectivity index (χ4v) is 2.74. The second-order valence-corrected chi connectivity index (χ2v) is 5.74. The van der Waals surface area contributed by atoms with Gasteiger partial charge in [-0.15, -0.1) is 0 Å². The average molecular weight is 256 g/mol. The van der Waals surface area contributed by atoms with Gasteiger partial charge in [0.05, 0.1) is 12.2 Å². The van der Waals surface area contributed by atoms with Crippen LogP contribution in [0.3, 0.4) is 0 Å². The Labute approximate surface area is 113 Å². The van der Waals surface area contributed by atoms with E-state index < -0.39 is 0 Å². The first-order chi connectivity index (χ1) is 8.84. The summed E-state index contributed by atoms with van der Waals surface area (Å²) in [6, 6.07) is 0. The molecule has 0 amide bonds. The predicted octanol–water partition coefficient (Wildman–Crippen LogP) is 4.45. The molecule has 0 heterocycles. The average Bonchev–Trinajstić information content (AvgIpc) is 2.39. The zero-order valence-electron chi connectivity index (χ0n) is 12.2. The van der Waals surface area contributed by atoms with Gasteiger partial charge >= 0.3 is 0 Å². The molecule has 0 unspecified atom stereocenters. The molecular formula is C16H32O2. The molecule has 1 saturated carbocycles. The number of hydrogen-bond acceptors (Lipinski definition) is 2. The summed E-state index contributed by atoms with van der Waals surface area (Å²) in [6.07, 6.45) is 15.0. The van der Waals surface area contributed by atoms with Crippen LogP contribution in [0.4, 0.5) is 0 Å². The van der Waals surface area contributed by atoms with Crippen LogP contribution in [-0.4, -0.2) is 23.9 Å². The van der Waals surface area contributed by atoms with Gasteiger partial charge in [-0.05, 0) is 19.3 Å². The number of rotatable bonds is 10. The topological polar surface area (TPSA) is 29.5 Å². The maximum absolute atomic E-state index is 9.77. The summed E-state index contributed by atoms with van der Waals surface area (Å²) >= 11 is 0. The van der Waals surface area contributed by atoms with Gasteiger partial charge in [-0.2, -0.15) is 0 Å². The summed E-state index contributed by atoms with van der Waals surface area (Å²) in [7, 11) is 0. The SMILES string of the molecule is CCCCCCCCCCO[C@@H]1CCCC[C@H]1O. The Morgan fingerprint density at radius 3 is 2.17 bits per heavy atom. The van der Waals surface area contributed by atoms with Crippen LogP contribution in [0, 0.1) is 0 Å². The molecule has 1 fully saturated rings. The molecule has 1 aliphatic rings. The molecule has 1 rings (SSSR count). The summed E-state index contributed by atoms with van der Waals surface area (Å²) in [5, 5.41) is 9.77. The number of aliphatic hydroxyl groups is 1. The van der Waals surface area contributed by atoms with Gasteiger partial charge in [-0.3, -0.25) is 0 Å². The van der Waals surface area contributed by atoms with E-state index in [1.54, 1.807) is 0 Å². The molecule has 0 spiro atoms. The Balaban J connectivity index is 1.83. The highest BCUT2D eigenvalue weighted by Gasteiger charge is 2.22. The number of ether oxygens (including phenoxy) is 1. The van der Waals surface area contributed by atoms with Crippen molar-refractivity contribution in [2.24, 2.45) is 0 Å². The Kier molecular flexibility index (Phi) is 9.59. The van der Waals surface area contributed by atoms with Crippen molar-refractivity contribution >= 4 is 0 Å². The third kappa shape index (κ3) is 7.38. The smallest absolute Gasteiger partial charge is 0.0833 e. The van der Waals surface area contributed by atoms with E-state index in [2.05, 4.69) is 6.92 Å². The van der Waals surface area contributed by atoms with Gasteiger partial charge in [0.1, 0.15) is 0 Å². The van der Waals surface area contributed by atoms with Gasteiger partial charge in [-0.25, -0.2) is 0 Å². The fourth-order valence-electron chi connectivity index (χ4n) is 2.74. The Morgan fingerprint density at radius 2 is 1.50 bits per heavy atom. The van der Waals surface area contributed by atoms with E-state index in [0.29, 0.717) is 0 Å². The lowest BCUT2D eigenvalue weighted by Gasteiger charge is -2.27. The lowest BCUT2D eigenvalue weighted by Crippen LogP contribution is -2.32. The van der Waals surface area contributed by atoms with Crippen LogP contribution >= 0.6 is 0 Å². The monoisotopic (exact) mass is 256 g/mol. The second kappa shape index (κ2) is 10.8. The molecule has 18 heavy (non-hydrogen) atoms. The Bertz CT molecular complexity index is 182. The maximum Gasteiger partial charge on any atom is 0.0833 e. The normalized spacial score (nSPS) is 24.3. The summed E-state index contributed by atoms with van der Waals surface area (Å²) in [4.78, 5) is 0. The van der Waals surface area contributed by atoms with Gasteiger partial charge < -0.3 is 9.84 Å². The van der Waals surface area contributed by atoms with Crippen molar-refractivity contribution in [1.29, 1.82) is 0 Å². The van der Waals surface area contributed by atoms with Crippen LogP contribution in [0.1, 0.15) is 84.0 Å². The molecule has 0 bridgehead atoms. The van der Waals surface area contributed by atoms with Crippen molar-refractivity contribution in [3.8, 4) is 0 Å². The molecule has 2 heteroatoms. The van der Waals surface area contributed by atoms with E-state index in [1.807, 2.05) is 0 Å². The summed E-state index contributed by atoms with van der Waals surface area (Å²) in [5.74, 6) is 0. The predicted molar refractivity (Wildman–Crippen MR) is 76.8 cm³/mol. The van der Waals surface area contributed by atoms with Crippen LogP contribution < -0.4 is 0 Å². The summed E-state index contributed by atoms with van der Waals surface area (Å²) in [5.41, 5.74) is 0. The Hall–Kier alpha value is -0.0800. The van der Waals surface area contributed by atoms with Crippen molar-refractivity contribution in [3.63, 3.8) is 0 Å². The maximum atomic E-state index is 9.77. The van der Waals surface area contributed by atoms with Gasteiger partial charge in [0.2, 0.25) is 0 Å². The van der Waals surface area contributed by atoms with Crippen molar-refractivity contribution in [2.75, 3.05) is 6.61 Å². The van der Waals surface area contributed by atoms with Crippen LogP contribution in [0.2, 0.25) is 0 Å². The van der Waals surface area contributed by atoms with Crippen molar-refractivity contribution in [1.82, 2.24) is 0 Å². The van der Waals surface area contributed by atoms with Gasteiger partial charge in [0, 0.05) is 6.61 Å². The van der Waals surface area contributed by atoms with Crippen LogP contribution in [0.5, 0.6) is 0 Å². The number of unbranched alkanes of at least 4 members (excludes halogenated alkanes) is 7. The van der Waals surface area contributed by atoms with E-state index in [4.69, 9.17) is 4.74 Å². The lowest BCUT2D eigenvalue weighted by atomic mass is 9.95. The van der Waals surface area contributed by atoms with Crippen LogP contribution in [0.25, 0.3) is 0 Å². The highest BCUT2D eigenvalue weighted by molar-refractivity contribution is 4.74. The molecule has 2 nitrogen and oxygen atoms in total. The first-order valence-electron chi connectivity index (χ1n) is 8.14. The van der Waals surface area contributed by atoms with Gasteiger partial charge in [0.15, 0.2) is 0 Å². The molecule has 0 aromatic carbocycles. The first-order valence-corrected chi connectivity index (χ1v) is 8.14.